The molecule has 0 fully saturated rings. The molecule has 17 heavy (non-hydrogen) atoms. The molecule has 0 saturated carbocycles. The molecular formula is C7H4F4N2O3S. The van der Waals surface area contributed by atoms with Crippen molar-refractivity contribution in [3.05, 3.63) is 35.1 Å². The van der Waals surface area contributed by atoms with E-state index in [1.54, 1.807) is 0 Å². The standard InChI is InChI=1S/C6H4FN2.CHF3O3S/c7-5-1-3-6(9-8)4-2-5;2-1(3,4)8(5,6)7/h1-4H;(H,5,6,7)/q+1;/p-1. The highest BCUT2D eigenvalue weighted by Crippen LogP contribution is 2.20. The summed E-state index contributed by atoms with van der Waals surface area (Å²) in [6.07, 6.45) is 0. The minimum Gasteiger partial charge on any atom is -0.741 e. The Kier molecular flexibility index (Phi) is 4.99. The van der Waals surface area contributed by atoms with Crippen LogP contribution in [0.4, 0.5) is 23.2 Å². The van der Waals surface area contributed by atoms with E-state index >= 15 is 0 Å². The van der Waals surface area contributed by atoms with Gasteiger partial charge in [-0.15, -0.1) is 0 Å². The van der Waals surface area contributed by atoms with Crippen molar-refractivity contribution >= 4 is 15.8 Å². The normalized spacial score (nSPS) is 11.1. The van der Waals surface area contributed by atoms with Crippen molar-refractivity contribution in [2.24, 2.45) is 0 Å². The molecule has 0 aromatic heterocycles. The number of hydrogen-bond donors (Lipinski definition) is 0. The quantitative estimate of drug-likeness (QED) is 0.314. The van der Waals surface area contributed by atoms with Gasteiger partial charge in [0.25, 0.3) is 0 Å². The summed E-state index contributed by atoms with van der Waals surface area (Å²) >= 11 is 0. The van der Waals surface area contributed by atoms with Crippen LogP contribution >= 0.6 is 0 Å². The van der Waals surface area contributed by atoms with Gasteiger partial charge in [0.2, 0.25) is 5.39 Å². The van der Waals surface area contributed by atoms with Crippen LogP contribution < -0.4 is 0 Å². The Morgan fingerprint density at radius 3 is 1.76 bits per heavy atom. The van der Waals surface area contributed by atoms with Crippen LogP contribution in [0.2, 0.25) is 0 Å². The van der Waals surface area contributed by atoms with E-state index in [4.69, 9.17) is 18.4 Å². The zero-order chi connectivity index (χ0) is 13.7. The smallest absolute Gasteiger partial charge is 0.485 e. The molecule has 0 aliphatic rings. The van der Waals surface area contributed by atoms with Crippen LogP contribution in [0, 0.1) is 11.2 Å². The Bertz CT molecular complexity index is 503. The van der Waals surface area contributed by atoms with E-state index in [9.17, 15) is 17.6 Å². The van der Waals surface area contributed by atoms with Crippen molar-refractivity contribution < 1.29 is 30.5 Å². The molecule has 0 amide bonds. The van der Waals surface area contributed by atoms with E-state index in [2.05, 4.69) is 4.98 Å². The molecule has 1 aromatic rings. The molecular weight excluding hydrogens is 268 g/mol. The first-order chi connectivity index (χ1) is 7.58. The summed E-state index contributed by atoms with van der Waals surface area (Å²) in [6.45, 7) is 0. The number of benzene rings is 1. The second-order valence-electron chi connectivity index (χ2n) is 2.48. The third-order valence-corrected chi connectivity index (χ3v) is 1.79. The van der Waals surface area contributed by atoms with Gasteiger partial charge >= 0.3 is 11.2 Å². The zero-order valence-corrected chi connectivity index (χ0v) is 8.67. The highest BCUT2D eigenvalue weighted by Gasteiger charge is 2.36. The van der Waals surface area contributed by atoms with E-state index in [0.29, 0.717) is 5.69 Å². The summed E-state index contributed by atoms with van der Waals surface area (Å²) < 4.78 is 71.0. The lowest BCUT2D eigenvalue weighted by Crippen LogP contribution is -2.21. The average Bonchev–Trinajstić information content (AvgIpc) is 2.17. The van der Waals surface area contributed by atoms with E-state index in [0.717, 1.165) is 0 Å². The lowest BCUT2D eigenvalue weighted by molar-refractivity contribution is -0.0517. The number of halogens is 4. The molecule has 0 radical (unpaired) electrons. The lowest BCUT2D eigenvalue weighted by atomic mass is 10.3. The Morgan fingerprint density at radius 1 is 1.18 bits per heavy atom. The Morgan fingerprint density at radius 2 is 1.53 bits per heavy atom. The summed E-state index contributed by atoms with van der Waals surface area (Å²) in [5.74, 6) is -0.331. The first kappa shape index (κ1) is 15.3. The maximum Gasteiger partial charge on any atom is 0.485 e. The monoisotopic (exact) mass is 272 g/mol. The molecule has 0 unspecified atom stereocenters. The number of diazo groups is 1. The summed E-state index contributed by atoms with van der Waals surface area (Å²) in [5, 5.41) is 8.13. The van der Waals surface area contributed by atoms with Gasteiger partial charge in [-0.1, -0.05) is 0 Å². The molecule has 0 atom stereocenters. The van der Waals surface area contributed by atoms with Crippen LogP contribution in [0.1, 0.15) is 0 Å². The molecule has 0 bridgehead atoms. The third-order valence-electron chi connectivity index (χ3n) is 1.23. The lowest BCUT2D eigenvalue weighted by Gasteiger charge is -2.08. The number of rotatable bonds is 0. The molecule has 1 aromatic carbocycles. The average molecular weight is 272 g/mol. The summed E-state index contributed by atoms with van der Waals surface area (Å²) in [7, 11) is -6.09. The number of hydrogen-bond acceptors (Lipinski definition) is 4. The number of nitrogens with zero attached hydrogens (tertiary/aromatic N) is 2. The molecule has 0 N–H and O–H groups in total. The maximum absolute atomic E-state index is 12.1. The van der Waals surface area contributed by atoms with Crippen molar-refractivity contribution in [2.75, 3.05) is 0 Å². The summed E-state index contributed by atoms with van der Waals surface area (Å²) in [4.78, 5) is 2.84. The fraction of sp³-hybridized carbons (Fsp3) is 0.143. The molecule has 0 aliphatic carbocycles. The van der Waals surface area contributed by atoms with Crippen molar-refractivity contribution in [3.63, 3.8) is 0 Å². The predicted molar refractivity (Wildman–Crippen MR) is 46.9 cm³/mol. The van der Waals surface area contributed by atoms with Crippen LogP contribution in [0.5, 0.6) is 0 Å². The van der Waals surface area contributed by atoms with Crippen molar-refractivity contribution in [1.29, 1.82) is 5.39 Å². The van der Waals surface area contributed by atoms with E-state index in [1.807, 2.05) is 0 Å². The Balaban J connectivity index is 0.000000304. The van der Waals surface area contributed by atoms with Crippen LogP contribution in [0.25, 0.3) is 4.98 Å². The van der Waals surface area contributed by atoms with Gasteiger partial charge in [-0.05, 0) is 12.1 Å². The first-order valence-corrected chi connectivity index (χ1v) is 5.11. The first-order valence-electron chi connectivity index (χ1n) is 3.71. The highest BCUT2D eigenvalue weighted by molar-refractivity contribution is 7.86. The molecule has 0 saturated heterocycles. The number of alkyl halides is 3. The molecule has 0 spiro atoms. The second kappa shape index (κ2) is 5.55. The predicted octanol–water partition coefficient (Wildman–Crippen LogP) is 2.36. The maximum atomic E-state index is 12.1. The van der Waals surface area contributed by atoms with Crippen molar-refractivity contribution in [2.45, 2.75) is 5.51 Å². The fourth-order valence-corrected chi connectivity index (χ4v) is 0.508. The van der Waals surface area contributed by atoms with Gasteiger partial charge in [0.1, 0.15) is 5.82 Å². The molecule has 10 heteroatoms. The van der Waals surface area contributed by atoms with Gasteiger partial charge in [0.05, 0.1) is 0 Å². The largest absolute Gasteiger partial charge is 0.741 e. The van der Waals surface area contributed by atoms with Gasteiger partial charge in [0.15, 0.2) is 15.1 Å². The third kappa shape index (κ3) is 5.79. The van der Waals surface area contributed by atoms with E-state index in [1.165, 1.54) is 24.3 Å². The molecule has 94 valence electrons. The van der Waals surface area contributed by atoms with Crippen molar-refractivity contribution in [3.8, 4) is 0 Å². The van der Waals surface area contributed by atoms with E-state index < -0.39 is 15.6 Å². The molecule has 0 heterocycles. The summed E-state index contributed by atoms with van der Waals surface area (Å²) in [6, 6.07) is 5.23. The van der Waals surface area contributed by atoms with Gasteiger partial charge < -0.3 is 4.55 Å². The zero-order valence-electron chi connectivity index (χ0n) is 7.85. The van der Waals surface area contributed by atoms with Gasteiger partial charge in [-0.2, -0.15) is 13.2 Å². The highest BCUT2D eigenvalue weighted by atomic mass is 32.2. The van der Waals surface area contributed by atoms with Crippen molar-refractivity contribution in [1.82, 2.24) is 0 Å². The Labute approximate surface area is 93.1 Å². The van der Waals surface area contributed by atoms with E-state index in [-0.39, 0.29) is 5.82 Å². The van der Waals surface area contributed by atoms with Gasteiger partial charge in [0, 0.05) is 12.1 Å². The van der Waals surface area contributed by atoms with Gasteiger partial charge in [-0.25, -0.2) is 12.8 Å². The minimum atomic E-state index is -6.09. The van der Waals surface area contributed by atoms with Crippen LogP contribution in [0.15, 0.2) is 24.3 Å². The molecule has 1 rings (SSSR count). The molecule has 0 aliphatic heterocycles. The van der Waals surface area contributed by atoms with Gasteiger partial charge in [-0.3, -0.25) is 0 Å². The second-order valence-corrected chi connectivity index (χ2v) is 3.85. The topological polar surface area (TPSA) is 85.3 Å². The Hall–Kier alpha value is -1.73. The fourth-order valence-electron chi connectivity index (χ4n) is 0.508. The summed E-state index contributed by atoms with van der Waals surface area (Å²) in [5.41, 5.74) is -5.29. The SMILES string of the molecule is N#[N+]c1ccc(F)cc1.O=S(=O)([O-])C(F)(F)F. The minimum absolute atomic E-state index is 0.331. The van der Waals surface area contributed by atoms with Crippen LogP contribution in [-0.4, -0.2) is 18.5 Å². The van der Waals surface area contributed by atoms with Crippen LogP contribution in [-0.2, 0) is 10.1 Å². The molecule has 5 nitrogen and oxygen atoms in total. The van der Waals surface area contributed by atoms with Crippen LogP contribution in [0.3, 0.4) is 0 Å².